The van der Waals surface area contributed by atoms with Gasteiger partial charge < -0.3 is 19.6 Å². The van der Waals surface area contributed by atoms with Gasteiger partial charge in [0.05, 0.1) is 11.8 Å². The highest BCUT2D eigenvalue weighted by Crippen LogP contribution is 2.30. The van der Waals surface area contributed by atoms with Crippen molar-refractivity contribution in [3.8, 4) is 0 Å². The summed E-state index contributed by atoms with van der Waals surface area (Å²) in [6, 6.07) is 20.2. The minimum atomic E-state index is -0.0854. The predicted molar refractivity (Wildman–Crippen MR) is 127 cm³/mol. The van der Waals surface area contributed by atoms with E-state index in [9.17, 15) is 9.59 Å². The molecule has 1 atom stereocenters. The van der Waals surface area contributed by atoms with Crippen LogP contribution in [0.2, 0.25) is 0 Å². The number of carbonyl (C=O) groups excluding carboxylic acids is 2. The molecule has 33 heavy (non-hydrogen) atoms. The molecule has 2 amide bonds. The normalized spacial score (nSPS) is 15.5. The molecule has 2 N–H and O–H groups in total. The molecule has 2 aromatic carbocycles. The topological polar surface area (TPSA) is 78.3 Å². The predicted octanol–water partition coefficient (Wildman–Crippen LogP) is 4.56. The fraction of sp³-hybridized carbons (Fsp3) is 0.259. The van der Waals surface area contributed by atoms with E-state index in [-0.39, 0.29) is 23.7 Å². The van der Waals surface area contributed by atoms with Crippen LogP contribution >= 0.6 is 0 Å². The van der Waals surface area contributed by atoms with E-state index in [0.29, 0.717) is 38.0 Å². The highest BCUT2D eigenvalue weighted by molar-refractivity contribution is 5.94. The molecule has 2 aromatic heterocycles. The Kier molecular flexibility index (Phi) is 5.98. The van der Waals surface area contributed by atoms with Crippen LogP contribution in [0.4, 0.5) is 0 Å². The van der Waals surface area contributed by atoms with Crippen molar-refractivity contribution in [1.82, 2.24) is 15.2 Å². The standard InChI is InChI=1S/C27H27N3O3/c31-26(20-10-13-30(14-11-20)27(32)21-12-15-33-18-21)29-16-23(19-6-2-1-3-7-19)24-17-28-25-9-5-4-8-22(24)25/h1-9,12,15,17-18,20,23,28H,10-11,13-14,16H2,(H,29,31). The van der Waals surface area contributed by atoms with Gasteiger partial charge in [0, 0.05) is 48.6 Å². The fourth-order valence-electron chi connectivity index (χ4n) is 4.74. The Morgan fingerprint density at radius 3 is 2.55 bits per heavy atom. The number of nitrogens with zero attached hydrogens (tertiary/aromatic N) is 1. The molecule has 1 aliphatic heterocycles. The molecule has 3 heterocycles. The number of benzene rings is 2. The van der Waals surface area contributed by atoms with Crippen LogP contribution in [-0.4, -0.2) is 41.3 Å². The van der Waals surface area contributed by atoms with Gasteiger partial charge in [-0.3, -0.25) is 9.59 Å². The molecule has 0 saturated carbocycles. The molecule has 1 unspecified atom stereocenters. The molecule has 0 aliphatic carbocycles. The van der Waals surface area contributed by atoms with Crippen molar-refractivity contribution in [2.24, 2.45) is 5.92 Å². The van der Waals surface area contributed by atoms with E-state index in [1.165, 1.54) is 29.0 Å². The van der Waals surface area contributed by atoms with Crippen LogP contribution in [0, 0.1) is 5.92 Å². The number of amides is 2. The summed E-state index contributed by atoms with van der Waals surface area (Å²) in [6.45, 7) is 1.68. The molecule has 4 aromatic rings. The molecule has 6 heteroatoms. The number of likely N-dealkylation sites (tertiary alicyclic amines) is 1. The first-order valence-corrected chi connectivity index (χ1v) is 11.4. The second-order valence-corrected chi connectivity index (χ2v) is 8.58. The van der Waals surface area contributed by atoms with Crippen LogP contribution in [0.5, 0.6) is 0 Å². The zero-order valence-corrected chi connectivity index (χ0v) is 18.4. The SMILES string of the molecule is O=C(NCC(c1ccccc1)c1c[nH]c2ccccc12)C1CCN(C(=O)c2ccoc2)CC1. The summed E-state index contributed by atoms with van der Waals surface area (Å²) >= 11 is 0. The van der Waals surface area contributed by atoms with E-state index in [2.05, 4.69) is 40.8 Å². The van der Waals surface area contributed by atoms with Gasteiger partial charge >= 0.3 is 0 Å². The van der Waals surface area contributed by atoms with E-state index in [1.807, 2.05) is 30.3 Å². The van der Waals surface area contributed by atoms with Crippen LogP contribution < -0.4 is 5.32 Å². The van der Waals surface area contributed by atoms with Gasteiger partial charge in [0.1, 0.15) is 6.26 Å². The number of piperidine rings is 1. The van der Waals surface area contributed by atoms with E-state index >= 15 is 0 Å². The molecular weight excluding hydrogens is 414 g/mol. The Labute approximate surface area is 192 Å². The maximum absolute atomic E-state index is 13.0. The first-order valence-electron chi connectivity index (χ1n) is 11.4. The van der Waals surface area contributed by atoms with Crippen molar-refractivity contribution in [1.29, 1.82) is 0 Å². The number of fused-ring (bicyclic) bond motifs is 1. The number of carbonyl (C=O) groups is 2. The number of nitrogens with one attached hydrogen (secondary N) is 2. The third-order valence-corrected chi connectivity index (χ3v) is 6.60. The lowest BCUT2D eigenvalue weighted by Gasteiger charge is -2.31. The van der Waals surface area contributed by atoms with E-state index in [4.69, 9.17) is 4.42 Å². The first-order chi connectivity index (χ1) is 16.2. The summed E-state index contributed by atoms with van der Waals surface area (Å²) in [7, 11) is 0. The van der Waals surface area contributed by atoms with E-state index in [0.717, 1.165) is 5.52 Å². The second kappa shape index (κ2) is 9.36. The average Bonchev–Trinajstić information content (AvgIpc) is 3.55. The smallest absolute Gasteiger partial charge is 0.257 e. The molecular formula is C27H27N3O3. The van der Waals surface area contributed by atoms with Crippen LogP contribution in [-0.2, 0) is 4.79 Å². The van der Waals surface area contributed by atoms with Gasteiger partial charge in [0.25, 0.3) is 5.91 Å². The lowest BCUT2D eigenvalue weighted by atomic mass is 9.90. The summed E-state index contributed by atoms with van der Waals surface area (Å²) in [5.74, 6) is -0.0101. The first kappa shape index (κ1) is 21.1. The van der Waals surface area contributed by atoms with E-state index in [1.54, 1.807) is 11.0 Å². The highest BCUT2D eigenvalue weighted by Gasteiger charge is 2.29. The van der Waals surface area contributed by atoms with E-state index < -0.39 is 0 Å². The molecule has 0 radical (unpaired) electrons. The van der Waals surface area contributed by atoms with Gasteiger partial charge in [-0.05, 0) is 36.1 Å². The minimum Gasteiger partial charge on any atom is -0.472 e. The van der Waals surface area contributed by atoms with Gasteiger partial charge in [-0.2, -0.15) is 0 Å². The number of hydrogen-bond donors (Lipinski definition) is 2. The van der Waals surface area contributed by atoms with Crippen molar-refractivity contribution < 1.29 is 14.0 Å². The third-order valence-electron chi connectivity index (χ3n) is 6.60. The molecule has 1 fully saturated rings. The van der Waals surface area contributed by atoms with Crippen molar-refractivity contribution in [3.05, 3.63) is 96.1 Å². The monoisotopic (exact) mass is 441 g/mol. The minimum absolute atomic E-state index is 0.0360. The summed E-state index contributed by atoms with van der Waals surface area (Å²) in [5.41, 5.74) is 4.00. The zero-order chi connectivity index (χ0) is 22.6. The largest absolute Gasteiger partial charge is 0.472 e. The quantitative estimate of drug-likeness (QED) is 0.460. The number of para-hydroxylation sites is 1. The number of aromatic amines is 1. The van der Waals surface area contributed by atoms with Crippen molar-refractivity contribution in [2.45, 2.75) is 18.8 Å². The van der Waals surface area contributed by atoms with Crippen LogP contribution in [0.25, 0.3) is 10.9 Å². The van der Waals surface area contributed by atoms with Gasteiger partial charge in [-0.1, -0.05) is 48.5 Å². The average molecular weight is 442 g/mol. The summed E-state index contributed by atoms with van der Waals surface area (Å²) < 4.78 is 5.02. The molecule has 1 saturated heterocycles. The van der Waals surface area contributed by atoms with Gasteiger partial charge in [0.2, 0.25) is 5.91 Å². The van der Waals surface area contributed by atoms with Crippen molar-refractivity contribution in [3.63, 3.8) is 0 Å². The molecule has 6 nitrogen and oxygen atoms in total. The van der Waals surface area contributed by atoms with Crippen LogP contribution in [0.1, 0.15) is 40.2 Å². The number of rotatable bonds is 6. The summed E-state index contributed by atoms with van der Waals surface area (Å²) in [4.78, 5) is 30.7. The third kappa shape index (κ3) is 4.42. The molecule has 0 spiro atoms. The number of aromatic nitrogens is 1. The lowest BCUT2D eigenvalue weighted by Crippen LogP contribution is -2.43. The highest BCUT2D eigenvalue weighted by atomic mass is 16.3. The molecule has 1 aliphatic rings. The fourth-order valence-corrected chi connectivity index (χ4v) is 4.74. The summed E-state index contributed by atoms with van der Waals surface area (Å²) in [6.07, 6.45) is 6.35. The van der Waals surface area contributed by atoms with Gasteiger partial charge in [-0.25, -0.2) is 0 Å². The maximum atomic E-state index is 13.0. The Bertz CT molecular complexity index is 1220. The second-order valence-electron chi connectivity index (χ2n) is 8.58. The summed E-state index contributed by atoms with van der Waals surface area (Å²) in [5, 5.41) is 4.38. The Hall–Kier alpha value is -3.80. The van der Waals surface area contributed by atoms with Crippen LogP contribution in [0.15, 0.2) is 83.8 Å². The van der Waals surface area contributed by atoms with Crippen molar-refractivity contribution in [2.75, 3.05) is 19.6 Å². The Morgan fingerprint density at radius 2 is 1.79 bits per heavy atom. The Balaban J connectivity index is 1.25. The molecule has 0 bridgehead atoms. The van der Waals surface area contributed by atoms with Crippen molar-refractivity contribution >= 4 is 22.7 Å². The van der Waals surface area contributed by atoms with Crippen LogP contribution in [0.3, 0.4) is 0 Å². The molecule has 168 valence electrons. The zero-order valence-electron chi connectivity index (χ0n) is 18.4. The Morgan fingerprint density at radius 1 is 1.03 bits per heavy atom. The number of H-pyrrole nitrogens is 1. The lowest BCUT2D eigenvalue weighted by molar-refractivity contribution is -0.126. The number of furan rings is 1. The molecule has 5 rings (SSSR count). The van der Waals surface area contributed by atoms with Gasteiger partial charge in [0.15, 0.2) is 0 Å². The number of hydrogen-bond acceptors (Lipinski definition) is 3. The van der Waals surface area contributed by atoms with Gasteiger partial charge in [-0.15, -0.1) is 0 Å². The maximum Gasteiger partial charge on any atom is 0.257 e.